The lowest BCUT2D eigenvalue weighted by atomic mass is 10.1. The molecule has 0 aliphatic rings. The average molecular weight is 282 g/mol. The van der Waals surface area contributed by atoms with Gasteiger partial charge >= 0.3 is 11.9 Å². The zero-order chi connectivity index (χ0) is 15.3. The fourth-order valence-corrected chi connectivity index (χ4v) is 1.51. The Balaban J connectivity index is 3.04. The Kier molecular flexibility index (Phi) is 4.96. The molecule has 0 fully saturated rings. The van der Waals surface area contributed by atoms with E-state index < -0.39 is 17.5 Å². The number of carbonyl (C=O) groups excluding carboxylic acids is 1. The predicted octanol–water partition coefficient (Wildman–Crippen LogP) is 2.11. The van der Waals surface area contributed by atoms with Crippen LogP contribution < -0.4 is 9.47 Å². The molecule has 6 heteroatoms. The van der Waals surface area contributed by atoms with E-state index in [0.717, 1.165) is 0 Å². The third kappa shape index (κ3) is 3.88. The molecule has 0 aliphatic heterocycles. The van der Waals surface area contributed by atoms with Crippen LogP contribution in [0.5, 0.6) is 11.5 Å². The van der Waals surface area contributed by atoms with Crippen molar-refractivity contribution in [3.63, 3.8) is 0 Å². The van der Waals surface area contributed by atoms with Gasteiger partial charge in [-0.1, -0.05) is 0 Å². The predicted molar refractivity (Wildman–Crippen MR) is 71.3 cm³/mol. The van der Waals surface area contributed by atoms with Crippen molar-refractivity contribution in [2.75, 3.05) is 13.7 Å². The summed E-state index contributed by atoms with van der Waals surface area (Å²) in [6.45, 7) is 5.03. The first-order valence-electron chi connectivity index (χ1n) is 6.08. The van der Waals surface area contributed by atoms with Gasteiger partial charge < -0.3 is 19.3 Å². The molecular formula is C14H18O6. The zero-order valence-corrected chi connectivity index (χ0v) is 11.9. The number of hydrogen-bond donors (Lipinski definition) is 1. The van der Waals surface area contributed by atoms with Crippen molar-refractivity contribution in [2.45, 2.75) is 26.4 Å². The van der Waals surface area contributed by atoms with Crippen LogP contribution in [-0.2, 0) is 9.53 Å². The lowest BCUT2D eigenvalue weighted by molar-refractivity contribution is -0.158. The fourth-order valence-electron chi connectivity index (χ4n) is 1.51. The molecule has 0 saturated heterocycles. The molecule has 0 aliphatic carbocycles. The molecule has 0 unspecified atom stereocenters. The molecule has 1 N–H and O–H groups in total. The summed E-state index contributed by atoms with van der Waals surface area (Å²) >= 11 is 0. The van der Waals surface area contributed by atoms with Gasteiger partial charge in [0.05, 0.1) is 19.3 Å². The summed E-state index contributed by atoms with van der Waals surface area (Å²) in [5.41, 5.74) is -1.21. The first-order chi connectivity index (χ1) is 9.30. The van der Waals surface area contributed by atoms with E-state index in [-0.39, 0.29) is 17.9 Å². The smallest absolute Gasteiger partial charge is 0.349 e. The van der Waals surface area contributed by atoms with Gasteiger partial charge in [-0.15, -0.1) is 0 Å². The lowest BCUT2D eigenvalue weighted by Crippen LogP contribution is -2.39. The Labute approximate surface area is 117 Å². The van der Waals surface area contributed by atoms with Crippen molar-refractivity contribution in [1.29, 1.82) is 0 Å². The maximum absolute atomic E-state index is 11.7. The van der Waals surface area contributed by atoms with Crippen LogP contribution >= 0.6 is 0 Å². The van der Waals surface area contributed by atoms with Gasteiger partial charge in [0.25, 0.3) is 0 Å². The molecule has 20 heavy (non-hydrogen) atoms. The molecule has 1 rings (SSSR count). The minimum atomic E-state index is -1.22. The molecule has 0 radical (unpaired) electrons. The number of methoxy groups -OCH3 is 1. The molecule has 0 heterocycles. The van der Waals surface area contributed by atoms with E-state index >= 15 is 0 Å². The van der Waals surface area contributed by atoms with E-state index in [1.807, 2.05) is 0 Å². The van der Waals surface area contributed by atoms with Gasteiger partial charge in [0, 0.05) is 6.07 Å². The van der Waals surface area contributed by atoms with Crippen molar-refractivity contribution in [2.24, 2.45) is 0 Å². The number of carboxylic acid groups (broad SMARTS) is 1. The quantitative estimate of drug-likeness (QED) is 0.805. The Hall–Kier alpha value is -2.24. The second-order valence-corrected chi connectivity index (χ2v) is 4.54. The van der Waals surface area contributed by atoms with Crippen LogP contribution in [0.15, 0.2) is 18.2 Å². The summed E-state index contributed by atoms with van der Waals surface area (Å²) in [4.78, 5) is 22.8. The number of carbonyl (C=O) groups is 2. The molecule has 0 bridgehead atoms. The Morgan fingerprint density at radius 1 is 1.20 bits per heavy atom. The van der Waals surface area contributed by atoms with Gasteiger partial charge in [0.2, 0.25) is 0 Å². The fraction of sp³-hybridized carbons (Fsp3) is 0.429. The summed E-state index contributed by atoms with van der Waals surface area (Å²) in [6.07, 6.45) is 0. The van der Waals surface area contributed by atoms with Gasteiger partial charge in [-0.05, 0) is 32.9 Å². The number of ether oxygens (including phenoxy) is 3. The Bertz CT molecular complexity index is 506. The zero-order valence-electron chi connectivity index (χ0n) is 11.9. The molecule has 0 saturated carbocycles. The third-order valence-electron chi connectivity index (χ3n) is 2.50. The second kappa shape index (κ2) is 6.27. The first kappa shape index (κ1) is 15.8. The molecule has 0 aromatic heterocycles. The first-order valence-corrected chi connectivity index (χ1v) is 6.08. The molecule has 6 nitrogen and oxygen atoms in total. The van der Waals surface area contributed by atoms with Crippen molar-refractivity contribution in [1.82, 2.24) is 0 Å². The average Bonchev–Trinajstić information content (AvgIpc) is 2.37. The normalized spacial score (nSPS) is 10.8. The monoisotopic (exact) mass is 282 g/mol. The second-order valence-electron chi connectivity index (χ2n) is 4.54. The van der Waals surface area contributed by atoms with Crippen molar-refractivity contribution in [3.05, 3.63) is 23.8 Å². The number of carboxylic acids is 1. The van der Waals surface area contributed by atoms with Gasteiger partial charge in [-0.3, -0.25) is 0 Å². The van der Waals surface area contributed by atoms with E-state index in [2.05, 4.69) is 0 Å². The molecular weight excluding hydrogens is 264 g/mol. The molecule has 0 atom stereocenters. The van der Waals surface area contributed by atoms with Gasteiger partial charge in [0.15, 0.2) is 5.60 Å². The van der Waals surface area contributed by atoms with Crippen LogP contribution in [0.4, 0.5) is 0 Å². The highest BCUT2D eigenvalue weighted by atomic mass is 16.6. The highest BCUT2D eigenvalue weighted by molar-refractivity contribution is 5.88. The van der Waals surface area contributed by atoms with Crippen LogP contribution in [0, 0.1) is 0 Å². The van der Waals surface area contributed by atoms with Crippen LogP contribution in [0.1, 0.15) is 31.1 Å². The SMILES string of the molecule is CCOC(=O)C(C)(C)Oc1cc(OC)cc(C(=O)O)c1. The maximum atomic E-state index is 11.7. The van der Waals surface area contributed by atoms with Crippen molar-refractivity contribution >= 4 is 11.9 Å². The summed E-state index contributed by atoms with van der Waals surface area (Å²) < 4.78 is 15.4. The van der Waals surface area contributed by atoms with Gasteiger partial charge in [-0.25, -0.2) is 9.59 Å². The highest BCUT2D eigenvalue weighted by Crippen LogP contribution is 2.26. The van der Waals surface area contributed by atoms with E-state index in [1.54, 1.807) is 20.8 Å². The molecule has 0 amide bonds. The molecule has 1 aromatic rings. The maximum Gasteiger partial charge on any atom is 0.349 e. The highest BCUT2D eigenvalue weighted by Gasteiger charge is 2.32. The summed E-state index contributed by atoms with van der Waals surface area (Å²) in [5.74, 6) is -1.08. The van der Waals surface area contributed by atoms with Crippen molar-refractivity contribution in [3.8, 4) is 11.5 Å². The number of benzene rings is 1. The van der Waals surface area contributed by atoms with Crippen LogP contribution in [0.3, 0.4) is 0 Å². The van der Waals surface area contributed by atoms with Gasteiger partial charge in [-0.2, -0.15) is 0 Å². The molecule has 1 aromatic carbocycles. The largest absolute Gasteiger partial charge is 0.497 e. The van der Waals surface area contributed by atoms with Crippen LogP contribution in [-0.4, -0.2) is 36.4 Å². The minimum Gasteiger partial charge on any atom is -0.497 e. The van der Waals surface area contributed by atoms with Crippen molar-refractivity contribution < 1.29 is 28.9 Å². The summed E-state index contributed by atoms with van der Waals surface area (Å²) in [5, 5.41) is 9.02. The Morgan fingerprint density at radius 2 is 1.80 bits per heavy atom. The van der Waals surface area contributed by atoms with E-state index in [4.69, 9.17) is 19.3 Å². The molecule has 110 valence electrons. The lowest BCUT2D eigenvalue weighted by Gasteiger charge is -2.24. The van der Waals surface area contributed by atoms with E-state index in [0.29, 0.717) is 5.75 Å². The van der Waals surface area contributed by atoms with Gasteiger partial charge in [0.1, 0.15) is 11.5 Å². The number of aromatic carboxylic acids is 1. The van der Waals surface area contributed by atoms with E-state index in [1.165, 1.54) is 25.3 Å². The minimum absolute atomic E-state index is 0.0130. The van der Waals surface area contributed by atoms with E-state index in [9.17, 15) is 9.59 Å². The summed E-state index contributed by atoms with van der Waals surface area (Å²) in [7, 11) is 1.42. The topological polar surface area (TPSA) is 82.1 Å². The van der Waals surface area contributed by atoms with Crippen LogP contribution in [0.2, 0.25) is 0 Å². The number of hydrogen-bond acceptors (Lipinski definition) is 5. The third-order valence-corrected chi connectivity index (χ3v) is 2.50. The number of rotatable bonds is 6. The number of esters is 1. The molecule has 0 spiro atoms. The Morgan fingerprint density at radius 3 is 2.30 bits per heavy atom. The summed E-state index contributed by atoms with van der Waals surface area (Å²) in [6, 6.07) is 4.20. The standard InChI is InChI=1S/C14H18O6/c1-5-19-13(17)14(2,3)20-11-7-9(12(15)16)6-10(8-11)18-4/h6-8H,5H2,1-4H3,(H,15,16). The van der Waals surface area contributed by atoms with Crippen LogP contribution in [0.25, 0.3) is 0 Å².